The summed E-state index contributed by atoms with van der Waals surface area (Å²) in [5.74, 6) is 0. The van der Waals surface area contributed by atoms with Crippen molar-refractivity contribution in [3.63, 3.8) is 0 Å². The minimum atomic E-state index is -3.67. The summed E-state index contributed by atoms with van der Waals surface area (Å²) in [4.78, 5) is 0. The van der Waals surface area contributed by atoms with Crippen LogP contribution in [0.2, 0.25) is 10.0 Å². The Hall–Kier alpha value is -0.460. The van der Waals surface area contributed by atoms with E-state index < -0.39 is 26.3 Å². The minimum absolute atomic E-state index is 0.346. The Morgan fingerprint density at radius 2 is 1.41 bits per heavy atom. The number of aliphatic hydroxyl groups excluding tert-OH is 2. The van der Waals surface area contributed by atoms with E-state index in [1.165, 1.54) is 6.07 Å². The van der Waals surface area contributed by atoms with Gasteiger partial charge in [0.25, 0.3) is 20.2 Å². The van der Waals surface area contributed by atoms with E-state index in [9.17, 15) is 21.9 Å². The second-order valence-electron chi connectivity index (χ2n) is 3.83. The zero-order chi connectivity index (χ0) is 18.1. The number of hydrogen-bond acceptors (Lipinski definition) is 6. The summed E-state index contributed by atoms with van der Waals surface area (Å²) in [7, 11) is -7.33. The lowest BCUT2D eigenvalue weighted by Crippen LogP contribution is -2.02. The molecule has 0 spiro atoms. The van der Waals surface area contributed by atoms with Crippen LogP contribution in [0.1, 0.15) is 11.7 Å². The van der Waals surface area contributed by atoms with Gasteiger partial charge in [-0.2, -0.15) is 16.8 Å². The maximum Gasteiger partial charge on any atom is 0.261 e. The summed E-state index contributed by atoms with van der Waals surface area (Å²) in [6, 6.07) is 4.73. The van der Waals surface area contributed by atoms with Crippen molar-refractivity contribution in [1.82, 2.24) is 0 Å². The standard InChI is InChI=1S/C8H8Cl2O2.2CH4O3S/c9-5-1-2-6(7(10)3-5)8(12)4-11;2*1-5(2,3)4/h1-3,8,11-12H,4H2;2*1H3,(H,2,3,4)/t8-;;/m1../s1. The van der Waals surface area contributed by atoms with Gasteiger partial charge in [-0.3, -0.25) is 9.11 Å². The third kappa shape index (κ3) is 19.5. The SMILES string of the molecule is CS(=O)(=O)O.CS(=O)(=O)O.OC[C@@H](O)c1ccc(Cl)cc1Cl. The van der Waals surface area contributed by atoms with Crippen molar-refractivity contribution < 1.29 is 36.2 Å². The molecular formula is C10H16Cl2O8S2. The van der Waals surface area contributed by atoms with E-state index in [-0.39, 0.29) is 6.61 Å². The van der Waals surface area contributed by atoms with Gasteiger partial charge in [0.2, 0.25) is 0 Å². The molecule has 0 bridgehead atoms. The maximum atomic E-state index is 9.22. The number of halogens is 2. The smallest absolute Gasteiger partial charge is 0.261 e. The molecule has 0 radical (unpaired) electrons. The van der Waals surface area contributed by atoms with Crippen LogP contribution in [0.15, 0.2) is 18.2 Å². The summed E-state index contributed by atoms with van der Waals surface area (Å²) >= 11 is 11.4. The Bertz CT molecular complexity index is 612. The second-order valence-corrected chi connectivity index (χ2v) is 7.61. The molecule has 1 rings (SSSR count). The van der Waals surface area contributed by atoms with E-state index in [0.717, 1.165) is 0 Å². The van der Waals surface area contributed by atoms with Crippen LogP contribution in [0.4, 0.5) is 0 Å². The zero-order valence-electron chi connectivity index (χ0n) is 11.5. The Balaban J connectivity index is 0. The molecule has 0 aliphatic rings. The summed E-state index contributed by atoms with van der Waals surface area (Å²) < 4.78 is 51.7. The van der Waals surface area contributed by atoms with Crippen LogP contribution in [0, 0.1) is 0 Å². The van der Waals surface area contributed by atoms with Crippen LogP contribution in [0.25, 0.3) is 0 Å². The molecule has 4 N–H and O–H groups in total. The van der Waals surface area contributed by atoms with E-state index in [1.807, 2.05) is 0 Å². The normalized spacial score (nSPS) is 12.4. The summed E-state index contributed by atoms with van der Waals surface area (Å²) in [6.07, 6.45) is 0.495. The monoisotopic (exact) mass is 398 g/mol. The third-order valence-electron chi connectivity index (χ3n) is 1.49. The van der Waals surface area contributed by atoms with E-state index in [4.69, 9.17) is 37.4 Å². The quantitative estimate of drug-likeness (QED) is 0.539. The maximum absolute atomic E-state index is 9.22. The fraction of sp³-hybridized carbons (Fsp3) is 0.400. The van der Waals surface area contributed by atoms with Crippen molar-refractivity contribution in [2.45, 2.75) is 6.10 Å². The highest BCUT2D eigenvalue weighted by atomic mass is 35.5. The molecule has 12 heteroatoms. The average Bonchev–Trinajstić information content (AvgIpc) is 2.23. The topological polar surface area (TPSA) is 149 Å². The molecule has 0 aliphatic heterocycles. The molecule has 0 heterocycles. The molecule has 0 unspecified atom stereocenters. The van der Waals surface area contributed by atoms with Crippen molar-refractivity contribution in [2.75, 3.05) is 19.1 Å². The molecule has 0 saturated heterocycles. The molecule has 1 atom stereocenters. The first-order valence-electron chi connectivity index (χ1n) is 5.24. The first-order chi connectivity index (χ1) is 9.65. The lowest BCUT2D eigenvalue weighted by Gasteiger charge is -2.09. The van der Waals surface area contributed by atoms with Gasteiger partial charge < -0.3 is 10.2 Å². The highest BCUT2D eigenvalue weighted by Crippen LogP contribution is 2.25. The first kappa shape index (κ1) is 23.8. The van der Waals surface area contributed by atoms with Crippen molar-refractivity contribution in [1.29, 1.82) is 0 Å². The van der Waals surface area contributed by atoms with E-state index >= 15 is 0 Å². The molecule has 22 heavy (non-hydrogen) atoms. The molecule has 0 aromatic heterocycles. The lowest BCUT2D eigenvalue weighted by molar-refractivity contribution is 0.0957. The number of benzene rings is 1. The predicted molar refractivity (Wildman–Crippen MR) is 83.5 cm³/mol. The van der Waals surface area contributed by atoms with Gasteiger partial charge in [0.05, 0.1) is 19.1 Å². The number of rotatable bonds is 2. The molecule has 8 nitrogen and oxygen atoms in total. The fourth-order valence-electron chi connectivity index (χ4n) is 0.870. The van der Waals surface area contributed by atoms with E-state index in [2.05, 4.69) is 0 Å². The highest BCUT2D eigenvalue weighted by molar-refractivity contribution is 7.85. The molecule has 130 valence electrons. The third-order valence-corrected chi connectivity index (χ3v) is 2.06. The van der Waals surface area contributed by atoms with Gasteiger partial charge in [-0.15, -0.1) is 0 Å². The second kappa shape index (κ2) is 10.3. The summed E-state index contributed by atoms with van der Waals surface area (Å²) in [5.41, 5.74) is 0.489. The van der Waals surface area contributed by atoms with Crippen LogP contribution in [0.5, 0.6) is 0 Å². The molecular weight excluding hydrogens is 383 g/mol. The number of aliphatic hydroxyl groups is 2. The van der Waals surface area contributed by atoms with Crippen LogP contribution in [-0.4, -0.2) is 55.3 Å². The van der Waals surface area contributed by atoms with E-state index in [1.54, 1.807) is 12.1 Å². The fourth-order valence-corrected chi connectivity index (χ4v) is 1.40. The van der Waals surface area contributed by atoms with Gasteiger partial charge in [-0.05, 0) is 12.1 Å². The Kier molecular flexibility index (Phi) is 11.2. The van der Waals surface area contributed by atoms with Gasteiger partial charge in [0.1, 0.15) is 6.10 Å². The summed E-state index contributed by atoms with van der Waals surface area (Å²) in [6.45, 7) is -0.346. The van der Waals surface area contributed by atoms with Crippen molar-refractivity contribution in [3.8, 4) is 0 Å². The summed E-state index contributed by atoms with van der Waals surface area (Å²) in [5, 5.41) is 18.7. The Morgan fingerprint density at radius 1 is 1.05 bits per heavy atom. The van der Waals surface area contributed by atoms with Crippen molar-refractivity contribution >= 4 is 43.4 Å². The van der Waals surface area contributed by atoms with Crippen LogP contribution >= 0.6 is 23.2 Å². The number of hydrogen-bond donors (Lipinski definition) is 4. The van der Waals surface area contributed by atoms with Gasteiger partial charge in [0.15, 0.2) is 0 Å². The zero-order valence-corrected chi connectivity index (χ0v) is 14.7. The first-order valence-corrected chi connectivity index (χ1v) is 9.69. The van der Waals surface area contributed by atoms with Crippen LogP contribution in [0.3, 0.4) is 0 Å². The lowest BCUT2D eigenvalue weighted by atomic mass is 10.1. The molecule has 0 amide bonds. The highest BCUT2D eigenvalue weighted by Gasteiger charge is 2.09. The van der Waals surface area contributed by atoms with E-state index in [0.29, 0.717) is 28.1 Å². The minimum Gasteiger partial charge on any atom is -0.393 e. The van der Waals surface area contributed by atoms with Gasteiger partial charge in [-0.25, -0.2) is 0 Å². The molecule has 1 aromatic carbocycles. The van der Waals surface area contributed by atoms with Crippen molar-refractivity contribution in [3.05, 3.63) is 33.8 Å². The van der Waals surface area contributed by atoms with Crippen LogP contribution < -0.4 is 0 Å². The Morgan fingerprint density at radius 3 is 1.68 bits per heavy atom. The van der Waals surface area contributed by atoms with Crippen molar-refractivity contribution in [2.24, 2.45) is 0 Å². The Labute approximate surface area is 138 Å². The molecule has 0 aliphatic carbocycles. The average molecular weight is 399 g/mol. The molecule has 1 aromatic rings. The molecule has 0 saturated carbocycles. The van der Waals surface area contributed by atoms with Gasteiger partial charge in [-0.1, -0.05) is 29.3 Å². The predicted octanol–water partition coefficient (Wildman–Crippen LogP) is 1.03. The largest absolute Gasteiger partial charge is 0.393 e. The van der Waals surface area contributed by atoms with Gasteiger partial charge in [0, 0.05) is 15.6 Å². The van der Waals surface area contributed by atoms with Crippen LogP contribution in [-0.2, 0) is 20.2 Å². The van der Waals surface area contributed by atoms with Gasteiger partial charge >= 0.3 is 0 Å². The molecule has 0 fully saturated rings.